The molecule has 174 valence electrons. The summed E-state index contributed by atoms with van der Waals surface area (Å²) in [4.78, 5) is 34.8. The molecule has 7 nitrogen and oxygen atoms in total. The summed E-state index contributed by atoms with van der Waals surface area (Å²) in [6.07, 6.45) is 12.0. The number of carbonyl (C=O) groups is 3. The van der Waals surface area contributed by atoms with Gasteiger partial charge < -0.3 is 20.4 Å². The SMILES string of the molecule is CCCCCC[C@@H](O)C/C=C\CCCCCCC(C(=O)O)C(=O)CC(=O)C(O)CO. The maximum Gasteiger partial charge on any atom is 0.314 e. The first-order valence-corrected chi connectivity index (χ1v) is 11.2. The second-order valence-electron chi connectivity index (χ2n) is 7.90. The van der Waals surface area contributed by atoms with Crippen molar-refractivity contribution in [1.82, 2.24) is 0 Å². The second kappa shape index (κ2) is 18.2. The minimum absolute atomic E-state index is 0.163. The van der Waals surface area contributed by atoms with Gasteiger partial charge in [0.25, 0.3) is 0 Å². The minimum atomic E-state index is -1.64. The number of hydrogen-bond donors (Lipinski definition) is 4. The first kappa shape index (κ1) is 28.4. The Morgan fingerprint density at radius 2 is 1.47 bits per heavy atom. The lowest BCUT2D eigenvalue weighted by molar-refractivity contribution is -0.147. The molecule has 0 saturated heterocycles. The van der Waals surface area contributed by atoms with Crippen LogP contribution in [0, 0.1) is 5.92 Å². The Hall–Kier alpha value is -1.57. The molecule has 2 unspecified atom stereocenters. The minimum Gasteiger partial charge on any atom is -0.481 e. The lowest BCUT2D eigenvalue weighted by Crippen LogP contribution is -2.31. The number of aliphatic hydroxyl groups is 3. The number of carboxylic acid groups (broad SMARTS) is 1. The summed E-state index contributed by atoms with van der Waals surface area (Å²) in [6.45, 7) is 1.38. The van der Waals surface area contributed by atoms with E-state index in [0.717, 1.165) is 38.5 Å². The maximum absolute atomic E-state index is 12.0. The predicted octanol–water partition coefficient (Wildman–Crippen LogP) is 3.19. The van der Waals surface area contributed by atoms with Crippen LogP contribution in [-0.4, -0.2) is 56.8 Å². The molecule has 30 heavy (non-hydrogen) atoms. The first-order valence-electron chi connectivity index (χ1n) is 11.2. The summed E-state index contributed by atoms with van der Waals surface area (Å²) in [5.74, 6) is -4.09. The van der Waals surface area contributed by atoms with Gasteiger partial charge in [-0.05, 0) is 32.1 Å². The second-order valence-corrected chi connectivity index (χ2v) is 7.90. The molecular formula is C23H40O7. The number of rotatable bonds is 20. The summed E-state index contributed by atoms with van der Waals surface area (Å²) in [7, 11) is 0. The number of Topliss-reactive ketones (excluding diaryl/α,β-unsaturated/α-hetero) is 2. The summed E-state index contributed by atoms with van der Waals surface area (Å²) < 4.78 is 0. The van der Waals surface area contributed by atoms with Crippen molar-refractivity contribution in [3.63, 3.8) is 0 Å². The van der Waals surface area contributed by atoms with Gasteiger partial charge in [-0.1, -0.05) is 64.0 Å². The highest BCUT2D eigenvalue weighted by atomic mass is 16.4. The molecule has 3 atom stereocenters. The van der Waals surface area contributed by atoms with E-state index in [2.05, 4.69) is 13.0 Å². The molecule has 0 spiro atoms. The molecule has 0 rings (SSSR count). The van der Waals surface area contributed by atoms with Crippen LogP contribution in [0.4, 0.5) is 0 Å². The average molecular weight is 429 g/mol. The number of carboxylic acids is 1. The van der Waals surface area contributed by atoms with Gasteiger partial charge in [0.2, 0.25) is 0 Å². The Balaban J connectivity index is 3.91. The van der Waals surface area contributed by atoms with Crippen molar-refractivity contribution in [2.45, 2.75) is 103 Å². The highest BCUT2D eigenvalue weighted by Gasteiger charge is 2.28. The number of aliphatic carboxylic acids is 1. The fraction of sp³-hybridized carbons (Fsp3) is 0.783. The van der Waals surface area contributed by atoms with E-state index in [9.17, 15) is 29.7 Å². The van der Waals surface area contributed by atoms with Crippen molar-refractivity contribution >= 4 is 17.5 Å². The highest BCUT2D eigenvalue weighted by Crippen LogP contribution is 2.16. The van der Waals surface area contributed by atoms with Crippen LogP contribution in [0.25, 0.3) is 0 Å². The van der Waals surface area contributed by atoms with E-state index in [1.807, 2.05) is 6.08 Å². The number of unbranched alkanes of at least 4 members (excludes halogenated alkanes) is 7. The van der Waals surface area contributed by atoms with Crippen LogP contribution < -0.4 is 0 Å². The summed E-state index contributed by atoms with van der Waals surface area (Å²) in [6, 6.07) is 0. The third kappa shape index (κ3) is 14.4. The van der Waals surface area contributed by atoms with Crippen LogP contribution in [0.2, 0.25) is 0 Å². The number of ketones is 2. The van der Waals surface area contributed by atoms with E-state index in [-0.39, 0.29) is 12.5 Å². The molecular weight excluding hydrogens is 388 g/mol. The van der Waals surface area contributed by atoms with Crippen molar-refractivity contribution in [1.29, 1.82) is 0 Å². The van der Waals surface area contributed by atoms with E-state index < -0.39 is 42.6 Å². The molecule has 0 bridgehead atoms. The summed E-state index contributed by atoms with van der Waals surface area (Å²) in [5, 5.41) is 37.0. The fourth-order valence-corrected chi connectivity index (χ4v) is 3.20. The molecule has 0 heterocycles. The number of aliphatic hydroxyl groups excluding tert-OH is 3. The molecule has 0 amide bonds. The van der Waals surface area contributed by atoms with Crippen LogP contribution in [0.5, 0.6) is 0 Å². The molecule has 4 N–H and O–H groups in total. The largest absolute Gasteiger partial charge is 0.481 e. The average Bonchev–Trinajstić information content (AvgIpc) is 2.71. The van der Waals surface area contributed by atoms with Gasteiger partial charge in [-0.2, -0.15) is 0 Å². The van der Waals surface area contributed by atoms with Gasteiger partial charge in [-0.3, -0.25) is 14.4 Å². The Kier molecular flexibility index (Phi) is 17.3. The highest BCUT2D eigenvalue weighted by molar-refractivity contribution is 6.08. The van der Waals surface area contributed by atoms with Crippen LogP contribution in [0.3, 0.4) is 0 Å². The molecule has 0 aliphatic heterocycles. The summed E-state index contributed by atoms with van der Waals surface area (Å²) >= 11 is 0. The smallest absolute Gasteiger partial charge is 0.314 e. The van der Waals surface area contributed by atoms with Crippen LogP contribution in [0.1, 0.15) is 90.4 Å². The monoisotopic (exact) mass is 428 g/mol. The number of allylic oxidation sites excluding steroid dienone is 1. The molecule has 7 heteroatoms. The van der Waals surface area contributed by atoms with Gasteiger partial charge in [0.1, 0.15) is 12.0 Å². The summed E-state index contributed by atoms with van der Waals surface area (Å²) in [5.41, 5.74) is 0. The molecule has 0 aliphatic rings. The Labute approximate surface area is 180 Å². The van der Waals surface area contributed by atoms with Gasteiger partial charge in [-0.25, -0.2) is 0 Å². The number of hydrogen-bond acceptors (Lipinski definition) is 6. The van der Waals surface area contributed by atoms with Crippen LogP contribution in [-0.2, 0) is 14.4 Å². The topological polar surface area (TPSA) is 132 Å². The van der Waals surface area contributed by atoms with Gasteiger partial charge >= 0.3 is 5.97 Å². The van der Waals surface area contributed by atoms with E-state index in [0.29, 0.717) is 12.8 Å². The van der Waals surface area contributed by atoms with Crippen molar-refractivity contribution in [3.8, 4) is 0 Å². The molecule has 0 aromatic rings. The van der Waals surface area contributed by atoms with Crippen molar-refractivity contribution in [2.75, 3.05) is 6.61 Å². The lowest BCUT2D eigenvalue weighted by atomic mass is 9.92. The quantitative estimate of drug-likeness (QED) is 0.133. The Bertz CT molecular complexity index is 516. The lowest BCUT2D eigenvalue weighted by Gasteiger charge is -2.12. The van der Waals surface area contributed by atoms with E-state index in [1.165, 1.54) is 19.3 Å². The van der Waals surface area contributed by atoms with E-state index in [1.54, 1.807) is 0 Å². The third-order valence-corrected chi connectivity index (χ3v) is 5.16. The van der Waals surface area contributed by atoms with Crippen molar-refractivity contribution in [3.05, 3.63) is 12.2 Å². The van der Waals surface area contributed by atoms with E-state index >= 15 is 0 Å². The Morgan fingerprint density at radius 1 is 0.833 bits per heavy atom. The molecule has 0 fully saturated rings. The zero-order valence-corrected chi connectivity index (χ0v) is 18.3. The van der Waals surface area contributed by atoms with Crippen LogP contribution >= 0.6 is 0 Å². The normalized spacial score (nSPS) is 14.5. The fourth-order valence-electron chi connectivity index (χ4n) is 3.20. The zero-order chi connectivity index (χ0) is 22.8. The molecule has 0 saturated carbocycles. The van der Waals surface area contributed by atoms with E-state index in [4.69, 9.17) is 5.11 Å². The van der Waals surface area contributed by atoms with Gasteiger partial charge in [0, 0.05) is 0 Å². The van der Waals surface area contributed by atoms with Crippen molar-refractivity contribution in [2.24, 2.45) is 5.92 Å². The first-order chi connectivity index (χ1) is 14.3. The zero-order valence-electron chi connectivity index (χ0n) is 18.3. The maximum atomic E-state index is 12.0. The Morgan fingerprint density at radius 3 is 2.10 bits per heavy atom. The number of carbonyl (C=O) groups excluding carboxylic acids is 2. The standard InChI is InChI=1S/C23H40O7/c1-2-3-4-10-13-18(25)14-11-8-6-5-7-9-12-15-19(23(29)30)20(26)16-21(27)22(28)17-24/h8,11,18-19,22,24-25,28H,2-7,9-10,12-17H2,1H3,(H,29,30)/b11-8-/t18-,19?,22?/m1/s1. The molecule has 0 radical (unpaired) electrons. The van der Waals surface area contributed by atoms with Crippen LogP contribution in [0.15, 0.2) is 12.2 Å². The van der Waals surface area contributed by atoms with Gasteiger partial charge in [-0.15, -0.1) is 0 Å². The van der Waals surface area contributed by atoms with Gasteiger partial charge in [0.15, 0.2) is 11.6 Å². The molecule has 0 aliphatic carbocycles. The molecule has 0 aromatic carbocycles. The predicted molar refractivity (Wildman–Crippen MR) is 115 cm³/mol. The van der Waals surface area contributed by atoms with Gasteiger partial charge in [0.05, 0.1) is 19.1 Å². The molecule has 0 aromatic heterocycles. The van der Waals surface area contributed by atoms with Crippen molar-refractivity contribution < 1.29 is 34.8 Å². The third-order valence-electron chi connectivity index (χ3n) is 5.16.